The zero-order chi connectivity index (χ0) is 20.5. The van der Waals surface area contributed by atoms with Crippen molar-refractivity contribution in [1.82, 2.24) is 4.90 Å². The summed E-state index contributed by atoms with van der Waals surface area (Å²) in [6.07, 6.45) is 0.972. The Labute approximate surface area is 170 Å². The van der Waals surface area contributed by atoms with Gasteiger partial charge in [0.15, 0.2) is 0 Å². The molecule has 27 heavy (non-hydrogen) atoms. The summed E-state index contributed by atoms with van der Waals surface area (Å²) in [5.41, 5.74) is -0.189. The summed E-state index contributed by atoms with van der Waals surface area (Å²) in [6, 6.07) is 5.30. The summed E-state index contributed by atoms with van der Waals surface area (Å²) in [4.78, 5) is 14.1. The Bertz CT molecular complexity index is 806. The number of hydrogen-bond acceptors (Lipinski definition) is 4. The van der Waals surface area contributed by atoms with Gasteiger partial charge in [0.25, 0.3) is 10.1 Å². The van der Waals surface area contributed by atoms with Crippen LogP contribution in [0.15, 0.2) is 18.2 Å². The van der Waals surface area contributed by atoms with Crippen molar-refractivity contribution in [2.75, 3.05) is 18.8 Å². The molecule has 0 aromatic heterocycles. The molecule has 1 aliphatic heterocycles. The lowest BCUT2D eigenvalue weighted by atomic mass is 9.76. The topological polar surface area (TPSA) is 83.9 Å². The van der Waals surface area contributed by atoms with E-state index in [0.29, 0.717) is 36.0 Å². The van der Waals surface area contributed by atoms with E-state index in [4.69, 9.17) is 32.5 Å². The van der Waals surface area contributed by atoms with E-state index >= 15 is 0 Å². The number of nitrogens with zero attached hydrogens (tertiary/aromatic N) is 1. The van der Waals surface area contributed by atoms with Gasteiger partial charge >= 0.3 is 6.09 Å². The van der Waals surface area contributed by atoms with E-state index in [1.54, 1.807) is 37.8 Å². The van der Waals surface area contributed by atoms with Crippen molar-refractivity contribution >= 4 is 39.4 Å². The third-order valence-corrected chi connectivity index (χ3v) is 6.14. The molecule has 0 saturated carbocycles. The second-order valence-electron chi connectivity index (χ2n) is 7.95. The average molecular weight is 438 g/mol. The SMILES string of the molecule is CC(C)(C)OC(=O)N1CCC(CCCS(=O)(=O)O)(c2ccc(Cl)c(Cl)c2)C1. The van der Waals surface area contributed by atoms with E-state index in [-0.39, 0.29) is 12.2 Å². The van der Waals surface area contributed by atoms with Gasteiger partial charge in [0.05, 0.1) is 15.8 Å². The molecule has 1 N–H and O–H groups in total. The van der Waals surface area contributed by atoms with Gasteiger partial charge in [-0.25, -0.2) is 4.79 Å². The van der Waals surface area contributed by atoms with Gasteiger partial charge in [-0.2, -0.15) is 8.42 Å². The molecule has 0 bridgehead atoms. The molecule has 9 heteroatoms. The fourth-order valence-electron chi connectivity index (χ4n) is 3.36. The van der Waals surface area contributed by atoms with E-state index < -0.39 is 27.2 Å². The largest absolute Gasteiger partial charge is 0.444 e. The third-order valence-electron chi connectivity index (χ3n) is 4.60. The van der Waals surface area contributed by atoms with Crippen molar-refractivity contribution < 1.29 is 22.5 Å². The maximum atomic E-state index is 12.5. The van der Waals surface area contributed by atoms with Crippen LogP contribution < -0.4 is 0 Å². The summed E-state index contributed by atoms with van der Waals surface area (Å²) >= 11 is 12.2. The molecule has 1 unspecified atom stereocenters. The summed E-state index contributed by atoms with van der Waals surface area (Å²) in [6.45, 7) is 6.28. The Morgan fingerprint density at radius 3 is 2.52 bits per heavy atom. The molecule has 0 radical (unpaired) electrons. The van der Waals surface area contributed by atoms with Crippen molar-refractivity contribution in [1.29, 1.82) is 0 Å². The lowest BCUT2D eigenvalue weighted by Gasteiger charge is -2.31. The van der Waals surface area contributed by atoms with Crippen molar-refractivity contribution in [3.8, 4) is 0 Å². The van der Waals surface area contributed by atoms with E-state index in [9.17, 15) is 13.2 Å². The zero-order valence-electron chi connectivity index (χ0n) is 15.7. The van der Waals surface area contributed by atoms with Gasteiger partial charge in [0.2, 0.25) is 0 Å². The van der Waals surface area contributed by atoms with Gasteiger partial charge in [-0.1, -0.05) is 29.3 Å². The molecular weight excluding hydrogens is 413 g/mol. The van der Waals surface area contributed by atoms with Crippen LogP contribution in [-0.2, 0) is 20.3 Å². The highest BCUT2D eigenvalue weighted by Crippen LogP contribution is 2.41. The molecule has 1 amide bonds. The van der Waals surface area contributed by atoms with Crippen LogP contribution in [0.1, 0.15) is 45.6 Å². The van der Waals surface area contributed by atoms with Crippen LogP contribution in [-0.4, -0.2) is 48.4 Å². The van der Waals surface area contributed by atoms with E-state index in [0.717, 1.165) is 5.56 Å². The lowest BCUT2D eigenvalue weighted by molar-refractivity contribution is 0.0283. The molecule has 1 atom stereocenters. The number of rotatable bonds is 5. The minimum atomic E-state index is -4.05. The highest BCUT2D eigenvalue weighted by molar-refractivity contribution is 7.85. The van der Waals surface area contributed by atoms with Crippen LogP contribution in [0.25, 0.3) is 0 Å². The van der Waals surface area contributed by atoms with E-state index in [2.05, 4.69) is 0 Å². The zero-order valence-corrected chi connectivity index (χ0v) is 18.0. The van der Waals surface area contributed by atoms with Crippen molar-refractivity contribution in [3.63, 3.8) is 0 Å². The number of carbonyl (C=O) groups excluding carboxylic acids is 1. The molecule has 1 aromatic rings. The minimum absolute atomic E-state index is 0.265. The molecule has 1 saturated heterocycles. The fourth-order valence-corrected chi connectivity index (χ4v) is 4.16. The molecule has 1 aliphatic rings. The van der Waals surface area contributed by atoms with Crippen molar-refractivity contribution in [3.05, 3.63) is 33.8 Å². The van der Waals surface area contributed by atoms with Crippen LogP contribution in [0.4, 0.5) is 4.79 Å². The molecule has 152 valence electrons. The van der Waals surface area contributed by atoms with Gasteiger partial charge in [0, 0.05) is 18.5 Å². The molecule has 6 nitrogen and oxygen atoms in total. The Hall–Kier alpha value is -1.02. The normalized spacial score (nSPS) is 20.7. The van der Waals surface area contributed by atoms with E-state index in [1.807, 2.05) is 6.07 Å². The second kappa shape index (κ2) is 8.15. The number of carbonyl (C=O) groups is 1. The fraction of sp³-hybridized carbons (Fsp3) is 0.611. The number of benzene rings is 1. The maximum absolute atomic E-state index is 12.5. The van der Waals surface area contributed by atoms with Crippen LogP contribution in [0.2, 0.25) is 10.0 Å². The number of amides is 1. The highest BCUT2D eigenvalue weighted by Gasteiger charge is 2.42. The summed E-state index contributed by atoms with van der Waals surface area (Å²) in [5.74, 6) is -0.331. The van der Waals surface area contributed by atoms with E-state index in [1.165, 1.54) is 0 Å². The first-order chi connectivity index (χ1) is 12.3. The summed E-state index contributed by atoms with van der Waals surface area (Å²) < 4.78 is 36.7. The predicted molar refractivity (Wildman–Crippen MR) is 106 cm³/mol. The first-order valence-corrected chi connectivity index (χ1v) is 11.1. The molecule has 0 spiro atoms. The van der Waals surface area contributed by atoms with Gasteiger partial charge in [-0.3, -0.25) is 4.55 Å². The molecule has 0 aliphatic carbocycles. The van der Waals surface area contributed by atoms with Crippen LogP contribution in [0, 0.1) is 0 Å². The highest BCUT2D eigenvalue weighted by atomic mass is 35.5. The average Bonchev–Trinajstić information content (AvgIpc) is 2.93. The van der Waals surface area contributed by atoms with Gasteiger partial charge < -0.3 is 9.64 Å². The molecule has 1 fully saturated rings. The first-order valence-electron chi connectivity index (χ1n) is 8.70. The second-order valence-corrected chi connectivity index (χ2v) is 10.3. The first kappa shape index (κ1) is 22.3. The third kappa shape index (κ3) is 6.24. The van der Waals surface area contributed by atoms with Crippen molar-refractivity contribution in [2.24, 2.45) is 0 Å². The Balaban J connectivity index is 2.26. The standard InChI is InChI=1S/C18H25Cl2NO5S/c1-17(2,3)26-16(22)21-9-8-18(12-21,7-4-10-27(23,24)25)13-5-6-14(19)15(20)11-13/h5-6,11H,4,7-10,12H2,1-3H3,(H,23,24,25). The number of likely N-dealkylation sites (tertiary alicyclic amines) is 1. The number of hydrogen-bond donors (Lipinski definition) is 1. The van der Waals surface area contributed by atoms with Gasteiger partial charge in [0.1, 0.15) is 5.60 Å². The number of halogens is 2. The van der Waals surface area contributed by atoms with Crippen LogP contribution in [0.5, 0.6) is 0 Å². The van der Waals surface area contributed by atoms with Crippen LogP contribution >= 0.6 is 23.2 Å². The Kier molecular flexibility index (Phi) is 6.72. The molecule has 1 aromatic carbocycles. The Morgan fingerprint density at radius 2 is 1.96 bits per heavy atom. The lowest BCUT2D eigenvalue weighted by Crippen LogP contribution is -2.38. The molecular formula is C18H25Cl2NO5S. The molecule has 1 heterocycles. The minimum Gasteiger partial charge on any atom is -0.444 e. The monoisotopic (exact) mass is 437 g/mol. The molecule has 2 rings (SSSR count). The quantitative estimate of drug-likeness (QED) is 0.683. The van der Waals surface area contributed by atoms with Gasteiger partial charge in [-0.15, -0.1) is 0 Å². The van der Waals surface area contributed by atoms with Crippen molar-refractivity contribution in [2.45, 2.75) is 51.0 Å². The maximum Gasteiger partial charge on any atom is 0.410 e. The predicted octanol–water partition coefficient (Wildman–Crippen LogP) is 4.54. The summed E-state index contributed by atoms with van der Waals surface area (Å²) in [7, 11) is -4.05. The Morgan fingerprint density at radius 1 is 1.30 bits per heavy atom. The number of ether oxygens (including phenoxy) is 1. The van der Waals surface area contributed by atoms with Crippen LogP contribution in [0.3, 0.4) is 0 Å². The van der Waals surface area contributed by atoms with Gasteiger partial charge in [-0.05, 0) is 57.7 Å². The summed E-state index contributed by atoms with van der Waals surface area (Å²) in [5, 5.41) is 0.828. The smallest absolute Gasteiger partial charge is 0.410 e.